The first-order chi connectivity index (χ1) is 15.0. The number of hydrogen-bond donors (Lipinski definition) is 2. The molecule has 2 aromatic carbocycles. The molecule has 1 aliphatic heterocycles. The van der Waals surface area contributed by atoms with Crippen LogP contribution >= 0.6 is 24.0 Å². The summed E-state index contributed by atoms with van der Waals surface area (Å²) in [4.78, 5) is 19.1. The van der Waals surface area contributed by atoms with Gasteiger partial charge in [0, 0.05) is 32.6 Å². The van der Waals surface area contributed by atoms with Gasteiger partial charge in [-0.1, -0.05) is 36.4 Å². The Labute approximate surface area is 208 Å². The van der Waals surface area contributed by atoms with Crippen LogP contribution < -0.4 is 15.4 Å². The second-order valence-electron chi connectivity index (χ2n) is 8.01. The standard InChI is InChI=1S/C25H34N4O2.HI/c1-4-26-25(28-16-20(3)31-23-12-7-9-19(2)15-23)27-14-8-13-24(30)29-17-21-10-5-6-11-22(21)18-29;/h5-7,9-12,15,20H,4,8,13-14,16-18H2,1-3H3,(H2,26,27,28);1H. The molecule has 174 valence electrons. The third-order valence-electron chi connectivity index (χ3n) is 5.23. The number of benzene rings is 2. The van der Waals surface area contributed by atoms with Crippen molar-refractivity contribution in [3.8, 4) is 5.75 Å². The van der Waals surface area contributed by atoms with Crippen LogP contribution in [0.1, 0.15) is 43.4 Å². The normalized spacial score (nSPS) is 13.7. The van der Waals surface area contributed by atoms with Gasteiger partial charge in [0.1, 0.15) is 11.9 Å². The van der Waals surface area contributed by atoms with Gasteiger partial charge < -0.3 is 20.3 Å². The summed E-state index contributed by atoms with van der Waals surface area (Å²) in [5, 5.41) is 6.58. The fourth-order valence-corrected chi connectivity index (χ4v) is 3.63. The lowest BCUT2D eigenvalue weighted by Gasteiger charge is -2.17. The summed E-state index contributed by atoms with van der Waals surface area (Å²) in [6, 6.07) is 16.3. The minimum atomic E-state index is -0.0318. The maximum absolute atomic E-state index is 12.5. The minimum absolute atomic E-state index is 0. The lowest BCUT2D eigenvalue weighted by atomic mass is 10.1. The smallest absolute Gasteiger partial charge is 0.223 e. The molecule has 7 heteroatoms. The summed E-state index contributed by atoms with van der Waals surface area (Å²) in [5.74, 6) is 1.83. The van der Waals surface area contributed by atoms with Gasteiger partial charge in [-0.15, -0.1) is 24.0 Å². The Balaban J connectivity index is 0.00000363. The first-order valence-corrected chi connectivity index (χ1v) is 11.1. The predicted octanol–water partition coefficient (Wildman–Crippen LogP) is 4.26. The van der Waals surface area contributed by atoms with Crippen LogP contribution in [0.4, 0.5) is 0 Å². The Morgan fingerprint density at radius 3 is 2.50 bits per heavy atom. The van der Waals surface area contributed by atoms with E-state index in [1.807, 2.05) is 49.1 Å². The van der Waals surface area contributed by atoms with Crippen LogP contribution in [0.25, 0.3) is 0 Å². The number of nitrogens with one attached hydrogen (secondary N) is 2. The molecule has 1 aliphatic rings. The quantitative estimate of drug-likeness (QED) is 0.212. The second kappa shape index (κ2) is 13.3. The first kappa shape index (κ1) is 26.0. The molecule has 1 amide bonds. The van der Waals surface area contributed by atoms with Crippen LogP contribution in [0, 0.1) is 6.92 Å². The van der Waals surface area contributed by atoms with Crippen molar-refractivity contribution in [1.29, 1.82) is 0 Å². The molecule has 2 aromatic rings. The molecular weight excluding hydrogens is 515 g/mol. The highest BCUT2D eigenvalue weighted by Crippen LogP contribution is 2.22. The summed E-state index contributed by atoms with van der Waals surface area (Å²) in [6.45, 7) is 9.59. The average Bonchev–Trinajstić information content (AvgIpc) is 3.19. The van der Waals surface area contributed by atoms with Gasteiger partial charge in [0.2, 0.25) is 5.91 Å². The molecule has 0 bridgehead atoms. The van der Waals surface area contributed by atoms with E-state index in [2.05, 4.69) is 40.7 Å². The Morgan fingerprint density at radius 1 is 1.12 bits per heavy atom. The van der Waals surface area contributed by atoms with Crippen LogP contribution in [0.5, 0.6) is 5.75 Å². The molecule has 0 aromatic heterocycles. The molecule has 2 N–H and O–H groups in total. The van der Waals surface area contributed by atoms with Crippen molar-refractivity contribution >= 4 is 35.8 Å². The van der Waals surface area contributed by atoms with Crippen molar-refractivity contribution in [2.75, 3.05) is 19.6 Å². The van der Waals surface area contributed by atoms with E-state index in [0.29, 0.717) is 19.5 Å². The fraction of sp³-hybridized carbons (Fsp3) is 0.440. The topological polar surface area (TPSA) is 66.0 Å². The van der Waals surface area contributed by atoms with Gasteiger partial charge in [0.25, 0.3) is 0 Å². The van der Waals surface area contributed by atoms with Crippen LogP contribution in [-0.2, 0) is 17.9 Å². The number of amides is 1. The first-order valence-electron chi connectivity index (χ1n) is 11.1. The zero-order chi connectivity index (χ0) is 22.1. The third kappa shape index (κ3) is 8.00. The Bertz CT molecular complexity index is 878. The molecule has 0 radical (unpaired) electrons. The van der Waals surface area contributed by atoms with Crippen LogP contribution in [-0.4, -0.2) is 42.5 Å². The number of nitrogens with zero attached hydrogens (tertiary/aromatic N) is 2. The maximum atomic E-state index is 12.5. The molecule has 1 atom stereocenters. The number of carbonyl (C=O) groups is 1. The number of ether oxygens (including phenoxy) is 1. The van der Waals surface area contributed by atoms with Crippen molar-refractivity contribution in [3.63, 3.8) is 0 Å². The minimum Gasteiger partial charge on any atom is -0.489 e. The molecule has 32 heavy (non-hydrogen) atoms. The van der Waals surface area contributed by atoms with Gasteiger partial charge in [-0.25, -0.2) is 4.99 Å². The van der Waals surface area contributed by atoms with Gasteiger partial charge in [-0.2, -0.15) is 0 Å². The van der Waals surface area contributed by atoms with E-state index >= 15 is 0 Å². The molecule has 3 rings (SSSR count). The van der Waals surface area contributed by atoms with E-state index in [0.717, 1.165) is 37.8 Å². The highest BCUT2D eigenvalue weighted by molar-refractivity contribution is 14.0. The van der Waals surface area contributed by atoms with E-state index in [1.54, 1.807) is 0 Å². The molecule has 6 nitrogen and oxygen atoms in total. The average molecular weight is 550 g/mol. The Morgan fingerprint density at radius 2 is 1.84 bits per heavy atom. The predicted molar refractivity (Wildman–Crippen MR) is 141 cm³/mol. The summed E-state index contributed by atoms with van der Waals surface area (Å²) in [7, 11) is 0. The van der Waals surface area contributed by atoms with Gasteiger partial charge in [0.05, 0.1) is 6.54 Å². The van der Waals surface area contributed by atoms with Gasteiger partial charge in [-0.05, 0) is 56.0 Å². The van der Waals surface area contributed by atoms with Crippen LogP contribution in [0.3, 0.4) is 0 Å². The largest absolute Gasteiger partial charge is 0.489 e. The van der Waals surface area contributed by atoms with Gasteiger partial charge >= 0.3 is 0 Å². The van der Waals surface area contributed by atoms with Gasteiger partial charge in [-0.3, -0.25) is 4.79 Å². The molecule has 1 unspecified atom stereocenters. The van der Waals surface area contributed by atoms with Crippen molar-refractivity contribution < 1.29 is 9.53 Å². The van der Waals surface area contributed by atoms with Crippen LogP contribution in [0.15, 0.2) is 53.5 Å². The van der Waals surface area contributed by atoms with E-state index in [4.69, 9.17) is 4.74 Å². The molecule has 0 saturated carbocycles. The molecule has 0 fully saturated rings. The number of rotatable bonds is 9. The number of aliphatic imine (C=N–C) groups is 1. The van der Waals surface area contributed by atoms with E-state index in [9.17, 15) is 4.79 Å². The molecular formula is C25H35IN4O2. The molecule has 0 spiro atoms. The summed E-state index contributed by atoms with van der Waals surface area (Å²) < 4.78 is 5.95. The highest BCUT2D eigenvalue weighted by atomic mass is 127. The highest BCUT2D eigenvalue weighted by Gasteiger charge is 2.22. The molecule has 1 heterocycles. The van der Waals surface area contributed by atoms with Crippen molar-refractivity contribution in [1.82, 2.24) is 15.5 Å². The SMILES string of the molecule is CCNC(=NCC(C)Oc1cccc(C)c1)NCCCC(=O)N1Cc2ccccc2C1.I. The Kier molecular flexibility index (Phi) is 10.8. The summed E-state index contributed by atoms with van der Waals surface area (Å²) in [6.07, 6.45) is 1.27. The summed E-state index contributed by atoms with van der Waals surface area (Å²) >= 11 is 0. The van der Waals surface area contributed by atoms with E-state index in [-0.39, 0.29) is 36.0 Å². The lowest BCUT2D eigenvalue weighted by molar-refractivity contribution is -0.131. The van der Waals surface area contributed by atoms with Crippen molar-refractivity contribution in [3.05, 3.63) is 65.2 Å². The van der Waals surface area contributed by atoms with E-state index < -0.39 is 0 Å². The van der Waals surface area contributed by atoms with Gasteiger partial charge in [0.15, 0.2) is 5.96 Å². The lowest BCUT2D eigenvalue weighted by Crippen LogP contribution is -2.39. The second-order valence-corrected chi connectivity index (χ2v) is 8.01. The zero-order valence-corrected chi connectivity index (χ0v) is 21.6. The van der Waals surface area contributed by atoms with Crippen LogP contribution in [0.2, 0.25) is 0 Å². The molecule has 0 aliphatic carbocycles. The number of fused-ring (bicyclic) bond motifs is 1. The number of hydrogen-bond acceptors (Lipinski definition) is 3. The van der Waals surface area contributed by atoms with E-state index in [1.165, 1.54) is 16.7 Å². The Hall–Kier alpha value is -2.29. The van der Waals surface area contributed by atoms with Crippen molar-refractivity contribution in [2.45, 2.75) is 52.8 Å². The maximum Gasteiger partial charge on any atom is 0.223 e. The number of aryl methyl sites for hydroxylation is 1. The number of carbonyl (C=O) groups excluding carboxylic acids is 1. The van der Waals surface area contributed by atoms with Crippen molar-refractivity contribution in [2.24, 2.45) is 4.99 Å². The summed E-state index contributed by atoms with van der Waals surface area (Å²) in [5.41, 5.74) is 3.70. The molecule has 0 saturated heterocycles. The number of halogens is 1. The monoisotopic (exact) mass is 550 g/mol. The number of guanidine groups is 1. The third-order valence-corrected chi connectivity index (χ3v) is 5.23. The fourth-order valence-electron chi connectivity index (χ4n) is 3.63. The zero-order valence-electron chi connectivity index (χ0n) is 19.3.